The van der Waals surface area contributed by atoms with E-state index in [4.69, 9.17) is 4.42 Å². The van der Waals surface area contributed by atoms with Gasteiger partial charge in [-0.05, 0) is 48.7 Å². The monoisotopic (exact) mass is 270 g/mol. The molecule has 1 heterocycles. The summed E-state index contributed by atoms with van der Waals surface area (Å²) in [6.07, 6.45) is 0.796. The van der Waals surface area contributed by atoms with Crippen LogP contribution >= 0.6 is 0 Å². The molecule has 20 heavy (non-hydrogen) atoms. The third kappa shape index (κ3) is 2.64. The number of fused-ring (bicyclic) bond motifs is 1. The first kappa shape index (κ1) is 12.7. The second-order valence-corrected chi connectivity index (χ2v) is 4.73. The molecule has 0 saturated carbocycles. The van der Waals surface area contributed by atoms with Crippen molar-refractivity contribution in [2.45, 2.75) is 13.3 Å². The summed E-state index contributed by atoms with van der Waals surface area (Å²) in [6, 6.07) is 13.0. The van der Waals surface area contributed by atoms with Crippen molar-refractivity contribution >= 4 is 17.1 Å². The summed E-state index contributed by atoms with van der Waals surface area (Å²) in [5.41, 5.74) is 3.69. The van der Waals surface area contributed by atoms with Gasteiger partial charge in [0.2, 0.25) is 0 Å². The van der Waals surface area contributed by atoms with Crippen molar-refractivity contribution in [1.82, 2.24) is 4.98 Å². The van der Waals surface area contributed by atoms with Crippen molar-refractivity contribution in [3.05, 3.63) is 59.4 Å². The first-order valence-electron chi connectivity index (χ1n) is 6.57. The molecule has 4 heteroatoms. The number of hydrogen-bond donors (Lipinski definition) is 1. The van der Waals surface area contributed by atoms with Crippen LogP contribution in [0.3, 0.4) is 0 Å². The molecule has 0 saturated heterocycles. The van der Waals surface area contributed by atoms with E-state index in [1.54, 1.807) is 6.07 Å². The van der Waals surface area contributed by atoms with Gasteiger partial charge in [-0.25, -0.2) is 4.39 Å². The number of nitrogens with one attached hydrogen (secondary N) is 1. The SMILES string of the molecule is Cc1cc(F)ccc1CCNc1nc2ccccc2o1. The molecule has 0 atom stereocenters. The minimum atomic E-state index is -0.196. The zero-order valence-corrected chi connectivity index (χ0v) is 11.2. The summed E-state index contributed by atoms with van der Waals surface area (Å²) in [6.45, 7) is 2.61. The zero-order valence-electron chi connectivity index (χ0n) is 11.2. The predicted octanol–water partition coefficient (Wildman–Crippen LogP) is 3.93. The van der Waals surface area contributed by atoms with E-state index in [2.05, 4.69) is 10.3 Å². The molecule has 0 bridgehead atoms. The van der Waals surface area contributed by atoms with Crippen molar-refractivity contribution in [3.63, 3.8) is 0 Å². The van der Waals surface area contributed by atoms with E-state index in [-0.39, 0.29) is 5.82 Å². The van der Waals surface area contributed by atoms with Gasteiger partial charge in [0.1, 0.15) is 11.3 Å². The van der Waals surface area contributed by atoms with Crippen LogP contribution in [0.25, 0.3) is 11.1 Å². The predicted molar refractivity (Wildman–Crippen MR) is 77.3 cm³/mol. The largest absolute Gasteiger partial charge is 0.424 e. The highest BCUT2D eigenvalue weighted by Gasteiger charge is 2.05. The maximum atomic E-state index is 13.0. The molecule has 0 aliphatic carbocycles. The molecule has 0 unspecified atom stereocenters. The summed E-state index contributed by atoms with van der Waals surface area (Å²) in [4.78, 5) is 4.34. The van der Waals surface area contributed by atoms with Crippen molar-refractivity contribution < 1.29 is 8.81 Å². The summed E-state index contributed by atoms with van der Waals surface area (Å²) >= 11 is 0. The van der Waals surface area contributed by atoms with Gasteiger partial charge in [0, 0.05) is 6.54 Å². The standard InChI is InChI=1S/C16H15FN2O/c1-11-10-13(17)7-6-12(11)8-9-18-16-19-14-4-2-3-5-15(14)20-16/h2-7,10H,8-9H2,1H3,(H,18,19). The topological polar surface area (TPSA) is 38.1 Å². The van der Waals surface area contributed by atoms with Crippen LogP contribution in [0.4, 0.5) is 10.4 Å². The highest BCUT2D eigenvalue weighted by atomic mass is 19.1. The number of rotatable bonds is 4. The van der Waals surface area contributed by atoms with E-state index >= 15 is 0 Å². The van der Waals surface area contributed by atoms with E-state index < -0.39 is 0 Å². The van der Waals surface area contributed by atoms with Gasteiger partial charge in [-0.2, -0.15) is 4.98 Å². The van der Waals surface area contributed by atoms with Crippen LogP contribution in [0.5, 0.6) is 0 Å². The Morgan fingerprint density at radius 3 is 2.85 bits per heavy atom. The lowest BCUT2D eigenvalue weighted by atomic mass is 10.1. The van der Waals surface area contributed by atoms with Gasteiger partial charge in [-0.1, -0.05) is 18.2 Å². The molecule has 1 N–H and O–H groups in total. The normalized spacial score (nSPS) is 10.9. The first-order valence-corrected chi connectivity index (χ1v) is 6.57. The van der Waals surface area contributed by atoms with Crippen LogP contribution in [-0.2, 0) is 6.42 Å². The molecular formula is C16H15FN2O. The summed E-state index contributed by atoms with van der Waals surface area (Å²) in [5, 5.41) is 3.15. The molecule has 3 nitrogen and oxygen atoms in total. The first-order chi connectivity index (χ1) is 9.72. The number of benzene rings is 2. The Labute approximate surface area is 116 Å². The van der Waals surface area contributed by atoms with Crippen LogP contribution in [0.1, 0.15) is 11.1 Å². The van der Waals surface area contributed by atoms with Crippen LogP contribution in [0, 0.1) is 12.7 Å². The van der Waals surface area contributed by atoms with Gasteiger partial charge in [-0.15, -0.1) is 0 Å². The fourth-order valence-electron chi connectivity index (χ4n) is 2.19. The minimum Gasteiger partial charge on any atom is -0.424 e. The number of aromatic nitrogens is 1. The van der Waals surface area contributed by atoms with Crippen LogP contribution in [-0.4, -0.2) is 11.5 Å². The Balaban J connectivity index is 1.64. The molecule has 102 valence electrons. The number of hydrogen-bond acceptors (Lipinski definition) is 3. The molecule has 3 aromatic rings. The fourth-order valence-corrected chi connectivity index (χ4v) is 2.19. The van der Waals surface area contributed by atoms with Gasteiger partial charge < -0.3 is 9.73 Å². The Hall–Kier alpha value is -2.36. The lowest BCUT2D eigenvalue weighted by molar-refractivity contribution is 0.613. The van der Waals surface area contributed by atoms with Gasteiger partial charge in [0.15, 0.2) is 5.58 Å². The summed E-state index contributed by atoms with van der Waals surface area (Å²) in [7, 11) is 0. The molecule has 0 fully saturated rings. The molecule has 0 aliphatic heterocycles. The van der Waals surface area contributed by atoms with E-state index in [1.807, 2.05) is 37.3 Å². The molecule has 0 spiro atoms. The van der Waals surface area contributed by atoms with Gasteiger partial charge in [0.05, 0.1) is 0 Å². The Bertz CT molecular complexity index is 703. The molecule has 1 aromatic heterocycles. The van der Waals surface area contributed by atoms with Crippen molar-refractivity contribution in [2.24, 2.45) is 0 Å². The van der Waals surface area contributed by atoms with Gasteiger partial charge in [-0.3, -0.25) is 0 Å². The second-order valence-electron chi connectivity index (χ2n) is 4.73. The maximum absolute atomic E-state index is 13.0. The third-order valence-corrected chi connectivity index (χ3v) is 3.27. The van der Waals surface area contributed by atoms with Crippen LogP contribution in [0.15, 0.2) is 46.9 Å². The van der Waals surface area contributed by atoms with Crippen LogP contribution in [0.2, 0.25) is 0 Å². The smallest absolute Gasteiger partial charge is 0.295 e. The zero-order chi connectivity index (χ0) is 13.9. The van der Waals surface area contributed by atoms with E-state index in [1.165, 1.54) is 6.07 Å². The van der Waals surface area contributed by atoms with Crippen molar-refractivity contribution in [2.75, 3.05) is 11.9 Å². The van der Waals surface area contributed by atoms with E-state index in [0.717, 1.165) is 28.6 Å². The molecule has 0 radical (unpaired) electrons. The van der Waals surface area contributed by atoms with E-state index in [0.29, 0.717) is 12.6 Å². The van der Waals surface area contributed by atoms with Crippen molar-refractivity contribution in [3.8, 4) is 0 Å². The Morgan fingerprint density at radius 2 is 2.05 bits per heavy atom. The number of anilines is 1. The fraction of sp³-hybridized carbons (Fsp3) is 0.188. The van der Waals surface area contributed by atoms with E-state index in [9.17, 15) is 4.39 Å². The Morgan fingerprint density at radius 1 is 1.20 bits per heavy atom. The molecule has 3 rings (SSSR count). The average Bonchev–Trinajstić information content (AvgIpc) is 2.84. The summed E-state index contributed by atoms with van der Waals surface area (Å²) < 4.78 is 18.6. The van der Waals surface area contributed by atoms with Crippen LogP contribution < -0.4 is 5.32 Å². The number of oxazole rings is 1. The third-order valence-electron chi connectivity index (χ3n) is 3.27. The molecular weight excluding hydrogens is 255 g/mol. The number of para-hydroxylation sites is 2. The van der Waals surface area contributed by atoms with Gasteiger partial charge >= 0.3 is 0 Å². The average molecular weight is 270 g/mol. The van der Waals surface area contributed by atoms with Gasteiger partial charge in [0.25, 0.3) is 6.01 Å². The lowest BCUT2D eigenvalue weighted by Crippen LogP contribution is -2.06. The molecule has 2 aromatic carbocycles. The molecule has 0 amide bonds. The number of nitrogens with zero attached hydrogens (tertiary/aromatic N) is 1. The van der Waals surface area contributed by atoms with Crippen molar-refractivity contribution in [1.29, 1.82) is 0 Å². The lowest BCUT2D eigenvalue weighted by Gasteiger charge is -2.06. The highest BCUT2D eigenvalue weighted by Crippen LogP contribution is 2.18. The second kappa shape index (κ2) is 5.33. The number of aryl methyl sites for hydroxylation is 1. The molecule has 0 aliphatic rings. The quantitative estimate of drug-likeness (QED) is 0.780. The minimum absolute atomic E-state index is 0.196. The Kier molecular flexibility index (Phi) is 3.37. The summed E-state index contributed by atoms with van der Waals surface area (Å²) in [5.74, 6) is -0.196. The number of halogens is 1. The maximum Gasteiger partial charge on any atom is 0.295 e. The highest BCUT2D eigenvalue weighted by molar-refractivity contribution is 5.74.